The molecule has 0 saturated carbocycles. The number of amides is 2. The van der Waals surface area contributed by atoms with Gasteiger partial charge in [0.25, 0.3) is 11.8 Å². The number of Topliss-reactive ketones (excluding diaryl/α,β-unsaturated/α-hetero) is 1. The van der Waals surface area contributed by atoms with Crippen LogP contribution in [0.2, 0.25) is 0 Å². The fourth-order valence-corrected chi connectivity index (χ4v) is 4.37. The smallest absolute Gasteiger partial charge is 0.256 e. The van der Waals surface area contributed by atoms with Crippen molar-refractivity contribution in [2.24, 2.45) is 5.73 Å². The van der Waals surface area contributed by atoms with Crippen molar-refractivity contribution in [3.05, 3.63) is 51.4 Å². The van der Waals surface area contributed by atoms with E-state index in [9.17, 15) is 14.4 Å². The highest BCUT2D eigenvalue weighted by atomic mass is 32.1. The summed E-state index contributed by atoms with van der Waals surface area (Å²) in [4.78, 5) is 37.0. The van der Waals surface area contributed by atoms with Gasteiger partial charge in [-0.1, -0.05) is 32.9 Å². The summed E-state index contributed by atoms with van der Waals surface area (Å²) in [5.74, 6) is -0.724. The van der Waals surface area contributed by atoms with Crippen molar-refractivity contribution in [3.63, 3.8) is 0 Å². The van der Waals surface area contributed by atoms with Crippen molar-refractivity contribution >= 4 is 33.9 Å². The minimum absolute atomic E-state index is 0.00743. The number of fused-ring (bicyclic) bond motifs is 1. The Kier molecular flexibility index (Phi) is 4.71. The number of benzene rings is 1. The van der Waals surface area contributed by atoms with Gasteiger partial charge in [-0.25, -0.2) is 0 Å². The van der Waals surface area contributed by atoms with Gasteiger partial charge in [-0.2, -0.15) is 0 Å². The van der Waals surface area contributed by atoms with Crippen molar-refractivity contribution in [2.45, 2.75) is 45.4 Å². The van der Waals surface area contributed by atoms with Gasteiger partial charge in [0.15, 0.2) is 0 Å². The maximum Gasteiger partial charge on any atom is 0.256 e. The fourth-order valence-electron chi connectivity index (χ4n) is 3.10. The average Bonchev–Trinajstić information content (AvgIpc) is 2.91. The fraction of sp³-hybridized carbons (Fsp3) is 0.350. The van der Waals surface area contributed by atoms with Crippen LogP contribution in [0, 0.1) is 0 Å². The minimum Gasteiger partial charge on any atom is -0.365 e. The molecule has 1 aromatic heterocycles. The summed E-state index contributed by atoms with van der Waals surface area (Å²) in [5.41, 5.74) is 8.34. The predicted molar refractivity (Wildman–Crippen MR) is 103 cm³/mol. The van der Waals surface area contributed by atoms with Crippen molar-refractivity contribution in [1.82, 2.24) is 0 Å². The Morgan fingerprint density at radius 2 is 1.77 bits per heavy atom. The van der Waals surface area contributed by atoms with Gasteiger partial charge in [0.2, 0.25) is 0 Å². The summed E-state index contributed by atoms with van der Waals surface area (Å²) in [7, 11) is 0. The third-order valence-electron chi connectivity index (χ3n) is 4.59. The van der Waals surface area contributed by atoms with E-state index in [-0.39, 0.29) is 17.1 Å². The van der Waals surface area contributed by atoms with Crippen LogP contribution in [0.1, 0.15) is 63.9 Å². The van der Waals surface area contributed by atoms with Gasteiger partial charge in [-0.3, -0.25) is 14.4 Å². The molecule has 0 bridgehead atoms. The molecule has 1 aliphatic rings. The van der Waals surface area contributed by atoms with Gasteiger partial charge in [-0.05, 0) is 35.1 Å². The Morgan fingerprint density at radius 1 is 1.12 bits per heavy atom. The second-order valence-electron chi connectivity index (χ2n) is 7.57. The van der Waals surface area contributed by atoms with Crippen LogP contribution >= 0.6 is 11.3 Å². The molecular formula is C20H22N2O3S. The first-order chi connectivity index (χ1) is 12.2. The van der Waals surface area contributed by atoms with Gasteiger partial charge in [0.05, 0.1) is 5.56 Å². The molecular weight excluding hydrogens is 348 g/mol. The van der Waals surface area contributed by atoms with E-state index in [1.54, 1.807) is 12.1 Å². The molecule has 0 radical (unpaired) electrons. The third-order valence-corrected chi connectivity index (χ3v) is 5.74. The lowest BCUT2D eigenvalue weighted by atomic mass is 9.87. The van der Waals surface area contributed by atoms with Gasteiger partial charge in [0.1, 0.15) is 10.8 Å². The van der Waals surface area contributed by atoms with Gasteiger partial charge in [0, 0.05) is 23.3 Å². The normalized spacial score (nSPS) is 14.0. The lowest BCUT2D eigenvalue weighted by Gasteiger charge is -2.19. The SMILES string of the molecule is CC(C)(C)c1ccc(C(=O)Nc2sc3c(c2C(N)=O)CCC(=O)C3)cc1. The largest absolute Gasteiger partial charge is 0.365 e. The molecule has 3 rings (SSSR count). The molecule has 136 valence electrons. The van der Waals surface area contributed by atoms with Crippen LogP contribution in [0.15, 0.2) is 24.3 Å². The molecule has 3 N–H and O–H groups in total. The number of nitrogens with one attached hydrogen (secondary N) is 1. The Morgan fingerprint density at radius 3 is 2.35 bits per heavy atom. The second-order valence-corrected chi connectivity index (χ2v) is 8.67. The van der Waals surface area contributed by atoms with E-state index in [4.69, 9.17) is 5.73 Å². The molecule has 2 aromatic rings. The number of thiophene rings is 1. The van der Waals surface area contributed by atoms with Crippen LogP contribution in [0.3, 0.4) is 0 Å². The lowest BCUT2D eigenvalue weighted by molar-refractivity contribution is -0.118. The van der Waals surface area contributed by atoms with Gasteiger partial charge in [-0.15, -0.1) is 11.3 Å². The minimum atomic E-state index is -0.574. The van der Waals surface area contributed by atoms with E-state index in [1.807, 2.05) is 12.1 Å². The highest BCUT2D eigenvalue weighted by Crippen LogP contribution is 2.37. The molecule has 1 aromatic carbocycles. The van der Waals surface area contributed by atoms with Gasteiger partial charge >= 0.3 is 0 Å². The van der Waals surface area contributed by atoms with Crippen molar-refractivity contribution in [1.29, 1.82) is 0 Å². The Bertz CT molecular complexity index is 889. The zero-order chi connectivity index (χ0) is 19.1. The quantitative estimate of drug-likeness (QED) is 0.867. The van der Waals surface area contributed by atoms with Crippen molar-refractivity contribution in [3.8, 4) is 0 Å². The highest BCUT2D eigenvalue weighted by Gasteiger charge is 2.27. The first-order valence-corrected chi connectivity index (χ1v) is 9.36. The van der Waals surface area contributed by atoms with Crippen LogP contribution in [0.5, 0.6) is 0 Å². The molecule has 1 heterocycles. The summed E-state index contributed by atoms with van der Waals surface area (Å²) in [5, 5.41) is 3.24. The number of nitrogens with two attached hydrogens (primary N) is 1. The van der Waals surface area contributed by atoms with Crippen LogP contribution in [-0.2, 0) is 23.1 Å². The Hall–Kier alpha value is -2.47. The summed E-state index contributed by atoms with van der Waals surface area (Å²) >= 11 is 1.27. The van der Waals surface area contributed by atoms with Crippen molar-refractivity contribution in [2.75, 3.05) is 5.32 Å². The molecule has 26 heavy (non-hydrogen) atoms. The average molecular weight is 370 g/mol. The molecule has 0 atom stereocenters. The van der Waals surface area contributed by atoms with E-state index in [1.165, 1.54) is 11.3 Å². The van der Waals surface area contributed by atoms with Gasteiger partial charge < -0.3 is 11.1 Å². The number of hydrogen-bond donors (Lipinski definition) is 2. The molecule has 0 fully saturated rings. The second kappa shape index (κ2) is 6.68. The Labute approximate surface area is 156 Å². The summed E-state index contributed by atoms with van der Waals surface area (Å²) in [6.07, 6.45) is 1.21. The number of ketones is 1. The maximum absolute atomic E-state index is 12.6. The summed E-state index contributed by atoms with van der Waals surface area (Å²) < 4.78 is 0. The first kappa shape index (κ1) is 18.3. The van der Waals surface area contributed by atoms with Crippen molar-refractivity contribution < 1.29 is 14.4 Å². The topological polar surface area (TPSA) is 89.3 Å². The van der Waals surface area contributed by atoms with E-state index in [0.29, 0.717) is 35.4 Å². The van der Waals surface area contributed by atoms with Crippen LogP contribution in [-0.4, -0.2) is 17.6 Å². The number of carbonyl (C=O) groups excluding carboxylic acids is 3. The highest BCUT2D eigenvalue weighted by molar-refractivity contribution is 7.17. The monoisotopic (exact) mass is 370 g/mol. The maximum atomic E-state index is 12.6. The summed E-state index contributed by atoms with van der Waals surface area (Å²) in [6, 6.07) is 7.41. The third kappa shape index (κ3) is 3.55. The molecule has 0 unspecified atom stereocenters. The lowest BCUT2D eigenvalue weighted by Crippen LogP contribution is -2.20. The van der Waals surface area contributed by atoms with E-state index in [2.05, 4.69) is 26.1 Å². The number of hydrogen-bond acceptors (Lipinski definition) is 4. The van der Waals surface area contributed by atoms with Crippen LogP contribution < -0.4 is 11.1 Å². The van der Waals surface area contributed by atoms with Crippen LogP contribution in [0.4, 0.5) is 5.00 Å². The molecule has 1 aliphatic carbocycles. The number of anilines is 1. The zero-order valence-corrected chi connectivity index (χ0v) is 16.0. The first-order valence-electron chi connectivity index (χ1n) is 8.54. The van der Waals surface area contributed by atoms with E-state index in [0.717, 1.165) is 16.0 Å². The molecule has 0 saturated heterocycles. The van der Waals surface area contributed by atoms with E-state index < -0.39 is 5.91 Å². The molecule has 0 spiro atoms. The number of carbonyl (C=O) groups is 3. The zero-order valence-electron chi connectivity index (χ0n) is 15.1. The molecule has 2 amide bonds. The number of primary amides is 1. The molecule has 6 heteroatoms. The molecule has 5 nitrogen and oxygen atoms in total. The molecule has 0 aliphatic heterocycles. The standard InChI is InChI=1S/C20H22N2O3S/c1-20(2,3)12-6-4-11(5-7-12)18(25)22-19-16(17(21)24)14-9-8-13(23)10-15(14)26-19/h4-7H,8-10H2,1-3H3,(H2,21,24)(H,22,25). The van der Waals surface area contributed by atoms with Crippen LogP contribution in [0.25, 0.3) is 0 Å². The number of rotatable bonds is 3. The predicted octanol–water partition coefficient (Wildman–Crippen LogP) is 3.45. The summed E-state index contributed by atoms with van der Waals surface area (Å²) in [6.45, 7) is 6.33. The Balaban J connectivity index is 1.88. The van der Waals surface area contributed by atoms with E-state index >= 15 is 0 Å².